The van der Waals surface area contributed by atoms with Crippen LogP contribution in [0, 0.1) is 17.7 Å². The Morgan fingerprint density at radius 2 is 1.52 bits per heavy atom. The minimum atomic E-state index is -0.264. The first-order chi connectivity index (χ1) is 11.1. The van der Waals surface area contributed by atoms with Crippen molar-refractivity contribution in [2.75, 3.05) is 26.3 Å². The Balaban J connectivity index is 2.98. The van der Waals surface area contributed by atoms with Crippen LogP contribution in [0.4, 0.5) is 4.39 Å². The quantitative estimate of drug-likeness (QED) is 0.655. The molecule has 0 saturated carbocycles. The van der Waals surface area contributed by atoms with Gasteiger partial charge in [-0.3, -0.25) is 0 Å². The highest BCUT2D eigenvalue weighted by Gasteiger charge is 2.19. The third kappa shape index (κ3) is 5.99. The van der Waals surface area contributed by atoms with Gasteiger partial charge in [-0.1, -0.05) is 20.8 Å². The van der Waals surface area contributed by atoms with Crippen molar-refractivity contribution >= 4 is 0 Å². The number of hydrogen-bond donors (Lipinski definition) is 2. The predicted octanol–water partition coefficient (Wildman–Crippen LogP) is 3.12. The minimum absolute atomic E-state index is 0.186. The van der Waals surface area contributed by atoms with Crippen LogP contribution in [0.25, 0.3) is 0 Å². The number of ether oxygens (including phenoxy) is 2. The van der Waals surface area contributed by atoms with E-state index in [1.54, 1.807) is 6.07 Å². The zero-order chi connectivity index (χ0) is 17.2. The van der Waals surface area contributed by atoms with E-state index >= 15 is 0 Å². The molecule has 1 aromatic carbocycles. The van der Waals surface area contributed by atoms with E-state index in [0.29, 0.717) is 49.8 Å². The molecular formula is C18H31FN2O2. The van der Waals surface area contributed by atoms with E-state index in [0.717, 1.165) is 12.8 Å². The molecular weight excluding hydrogens is 295 g/mol. The van der Waals surface area contributed by atoms with E-state index in [-0.39, 0.29) is 17.7 Å². The highest BCUT2D eigenvalue weighted by atomic mass is 19.1. The second-order valence-electron chi connectivity index (χ2n) is 6.00. The average Bonchev–Trinajstić information content (AvgIpc) is 2.54. The molecule has 1 aromatic rings. The van der Waals surface area contributed by atoms with E-state index in [4.69, 9.17) is 20.9 Å². The molecule has 1 unspecified atom stereocenters. The smallest absolute Gasteiger partial charge is 0.164 e. The Morgan fingerprint density at radius 1 is 1.00 bits per heavy atom. The van der Waals surface area contributed by atoms with Crippen LogP contribution in [0.5, 0.6) is 11.5 Å². The zero-order valence-corrected chi connectivity index (χ0v) is 14.6. The predicted molar refractivity (Wildman–Crippen MR) is 92.4 cm³/mol. The van der Waals surface area contributed by atoms with Crippen molar-refractivity contribution in [3.05, 3.63) is 23.5 Å². The summed E-state index contributed by atoms with van der Waals surface area (Å²) in [4.78, 5) is 0. The lowest BCUT2D eigenvalue weighted by atomic mass is 9.88. The molecule has 0 aliphatic rings. The molecule has 132 valence electrons. The third-order valence-corrected chi connectivity index (χ3v) is 3.99. The standard InChI is InChI=1S/C18H31FN2O2/c1-4-6-22-17-9-14(8-13(3)15(11-20)12-21)16(19)10-18(17)23-7-5-2/h9-10,13,15H,4-8,11-12,20-21H2,1-3H3. The summed E-state index contributed by atoms with van der Waals surface area (Å²) in [6.07, 6.45) is 2.34. The molecule has 1 rings (SSSR count). The van der Waals surface area contributed by atoms with Crippen molar-refractivity contribution in [3.8, 4) is 11.5 Å². The SMILES string of the molecule is CCCOc1cc(F)c(CC(C)C(CN)CN)cc1OCCC. The topological polar surface area (TPSA) is 70.5 Å². The first kappa shape index (κ1) is 19.7. The van der Waals surface area contributed by atoms with Gasteiger partial charge in [0.15, 0.2) is 11.5 Å². The number of hydrogen-bond acceptors (Lipinski definition) is 4. The maximum absolute atomic E-state index is 14.4. The van der Waals surface area contributed by atoms with Gasteiger partial charge in [-0.2, -0.15) is 0 Å². The Hall–Kier alpha value is -1.33. The van der Waals surface area contributed by atoms with Gasteiger partial charge in [0.1, 0.15) is 5.82 Å². The molecule has 1 atom stereocenters. The van der Waals surface area contributed by atoms with Gasteiger partial charge >= 0.3 is 0 Å². The Bertz CT molecular complexity index is 465. The fraction of sp³-hybridized carbons (Fsp3) is 0.667. The van der Waals surface area contributed by atoms with Crippen LogP contribution in [-0.4, -0.2) is 26.3 Å². The largest absolute Gasteiger partial charge is 0.490 e. The summed E-state index contributed by atoms with van der Waals surface area (Å²) >= 11 is 0. The number of nitrogens with two attached hydrogens (primary N) is 2. The molecule has 0 saturated heterocycles. The van der Waals surface area contributed by atoms with Crippen LogP contribution in [0.15, 0.2) is 12.1 Å². The van der Waals surface area contributed by atoms with Crippen molar-refractivity contribution in [3.63, 3.8) is 0 Å². The number of benzene rings is 1. The first-order valence-electron chi connectivity index (χ1n) is 8.55. The van der Waals surface area contributed by atoms with Crippen LogP contribution in [-0.2, 0) is 6.42 Å². The lowest BCUT2D eigenvalue weighted by Crippen LogP contribution is -2.30. The molecule has 0 heterocycles. The Labute approximate surface area is 139 Å². The van der Waals surface area contributed by atoms with E-state index in [1.165, 1.54) is 6.07 Å². The normalized spacial score (nSPS) is 12.5. The van der Waals surface area contributed by atoms with Crippen LogP contribution in [0.1, 0.15) is 39.2 Å². The van der Waals surface area contributed by atoms with Crippen molar-refractivity contribution in [2.45, 2.75) is 40.0 Å². The van der Waals surface area contributed by atoms with Gasteiger partial charge in [-0.15, -0.1) is 0 Å². The van der Waals surface area contributed by atoms with Gasteiger partial charge in [-0.25, -0.2) is 4.39 Å². The Morgan fingerprint density at radius 3 is 2.00 bits per heavy atom. The second-order valence-corrected chi connectivity index (χ2v) is 6.00. The lowest BCUT2D eigenvalue weighted by Gasteiger charge is -2.22. The molecule has 23 heavy (non-hydrogen) atoms. The summed E-state index contributed by atoms with van der Waals surface area (Å²) in [6.45, 7) is 8.24. The molecule has 0 aliphatic heterocycles. The molecule has 0 spiro atoms. The highest BCUT2D eigenvalue weighted by molar-refractivity contribution is 5.44. The average molecular weight is 326 g/mol. The molecule has 0 aromatic heterocycles. The van der Waals surface area contributed by atoms with Gasteiger partial charge in [0, 0.05) is 6.07 Å². The first-order valence-corrected chi connectivity index (χ1v) is 8.55. The van der Waals surface area contributed by atoms with Crippen molar-refractivity contribution < 1.29 is 13.9 Å². The summed E-state index contributed by atoms with van der Waals surface area (Å²) in [5, 5.41) is 0. The third-order valence-electron chi connectivity index (χ3n) is 3.99. The Kier molecular flexibility index (Phi) is 8.95. The second kappa shape index (κ2) is 10.4. The molecule has 0 aliphatic carbocycles. The van der Waals surface area contributed by atoms with Crippen LogP contribution in [0.2, 0.25) is 0 Å². The van der Waals surface area contributed by atoms with Gasteiger partial charge < -0.3 is 20.9 Å². The van der Waals surface area contributed by atoms with Gasteiger partial charge in [0.2, 0.25) is 0 Å². The molecule has 0 amide bonds. The fourth-order valence-corrected chi connectivity index (χ4v) is 2.46. The maximum atomic E-state index is 14.4. The summed E-state index contributed by atoms with van der Waals surface area (Å²) in [5.74, 6) is 1.22. The molecule has 0 radical (unpaired) electrons. The van der Waals surface area contributed by atoms with Crippen LogP contribution < -0.4 is 20.9 Å². The van der Waals surface area contributed by atoms with E-state index in [2.05, 4.69) is 6.92 Å². The van der Waals surface area contributed by atoms with Crippen LogP contribution >= 0.6 is 0 Å². The summed E-state index contributed by atoms with van der Waals surface area (Å²) in [6, 6.07) is 3.19. The van der Waals surface area contributed by atoms with Crippen molar-refractivity contribution in [1.82, 2.24) is 0 Å². The van der Waals surface area contributed by atoms with Gasteiger partial charge in [0.25, 0.3) is 0 Å². The summed E-state index contributed by atoms with van der Waals surface area (Å²) in [5.41, 5.74) is 12.1. The van der Waals surface area contributed by atoms with Crippen molar-refractivity contribution in [1.29, 1.82) is 0 Å². The van der Waals surface area contributed by atoms with Crippen molar-refractivity contribution in [2.24, 2.45) is 23.3 Å². The van der Waals surface area contributed by atoms with Gasteiger partial charge in [-0.05, 0) is 55.8 Å². The van der Waals surface area contributed by atoms with Gasteiger partial charge in [0.05, 0.1) is 13.2 Å². The van der Waals surface area contributed by atoms with E-state index < -0.39 is 0 Å². The molecule has 4 N–H and O–H groups in total. The van der Waals surface area contributed by atoms with Crippen LogP contribution in [0.3, 0.4) is 0 Å². The lowest BCUT2D eigenvalue weighted by molar-refractivity contribution is 0.266. The monoisotopic (exact) mass is 326 g/mol. The highest BCUT2D eigenvalue weighted by Crippen LogP contribution is 2.32. The molecule has 4 nitrogen and oxygen atoms in total. The fourth-order valence-electron chi connectivity index (χ4n) is 2.46. The molecule has 5 heteroatoms. The number of rotatable bonds is 11. The zero-order valence-electron chi connectivity index (χ0n) is 14.6. The van der Waals surface area contributed by atoms with E-state index in [1.807, 2.05) is 13.8 Å². The number of halogens is 1. The summed E-state index contributed by atoms with van der Waals surface area (Å²) in [7, 11) is 0. The molecule has 0 bridgehead atoms. The summed E-state index contributed by atoms with van der Waals surface area (Å²) < 4.78 is 25.8. The minimum Gasteiger partial charge on any atom is -0.490 e. The maximum Gasteiger partial charge on any atom is 0.164 e. The van der Waals surface area contributed by atoms with E-state index in [9.17, 15) is 4.39 Å². The molecule has 0 fully saturated rings.